The third-order valence-electron chi connectivity index (χ3n) is 2.12. The van der Waals surface area contributed by atoms with Gasteiger partial charge in [-0.25, -0.2) is 4.79 Å². The number of benzene rings is 1. The molecule has 1 aliphatic heterocycles. The van der Waals surface area contributed by atoms with Crippen molar-refractivity contribution in [2.24, 2.45) is 10.2 Å². The highest BCUT2D eigenvalue weighted by atomic mass is 16.4. The summed E-state index contributed by atoms with van der Waals surface area (Å²) in [6, 6.07) is 3.71. The maximum atomic E-state index is 10.7. The fraction of sp³-hybridized carbons (Fsp3) is 0.100. The van der Waals surface area contributed by atoms with Gasteiger partial charge >= 0.3 is 5.97 Å². The quantitative estimate of drug-likeness (QED) is 0.773. The molecule has 0 aromatic heterocycles. The van der Waals surface area contributed by atoms with Gasteiger partial charge in [-0.2, -0.15) is 10.2 Å². The van der Waals surface area contributed by atoms with E-state index in [4.69, 9.17) is 5.11 Å². The van der Waals surface area contributed by atoms with Gasteiger partial charge in [-0.15, -0.1) is 0 Å². The number of carboxylic acids is 1. The van der Waals surface area contributed by atoms with Gasteiger partial charge in [0.25, 0.3) is 0 Å². The lowest BCUT2D eigenvalue weighted by Gasteiger charge is -2.07. The Kier molecular flexibility index (Phi) is 2.21. The Morgan fingerprint density at radius 1 is 1.40 bits per heavy atom. The minimum atomic E-state index is -1.03. The molecule has 15 heavy (non-hydrogen) atoms. The van der Waals surface area contributed by atoms with E-state index in [0.717, 1.165) is 0 Å². The Morgan fingerprint density at radius 3 is 2.80 bits per heavy atom. The Labute approximate surface area is 85.4 Å². The number of aromatic carboxylic acids is 1. The predicted octanol–water partition coefficient (Wildman–Crippen LogP) is 2.11. The van der Waals surface area contributed by atoms with Crippen molar-refractivity contribution in [3.8, 4) is 5.75 Å². The standard InChI is InChI=1S/C10H8N2O3/c13-9-2-1-6(10(14)15)5-7(9)8-3-4-11-12-8/h1-5,8,13H,(H,14,15). The van der Waals surface area contributed by atoms with E-state index in [9.17, 15) is 9.90 Å². The second-order valence-corrected chi connectivity index (χ2v) is 3.10. The molecule has 0 aliphatic carbocycles. The van der Waals surface area contributed by atoms with Crippen molar-refractivity contribution in [2.45, 2.75) is 6.04 Å². The molecule has 1 aliphatic rings. The molecule has 0 saturated carbocycles. The van der Waals surface area contributed by atoms with Crippen LogP contribution >= 0.6 is 0 Å². The molecule has 1 aromatic carbocycles. The first kappa shape index (κ1) is 9.39. The van der Waals surface area contributed by atoms with Gasteiger partial charge < -0.3 is 10.2 Å². The zero-order valence-corrected chi connectivity index (χ0v) is 7.66. The summed E-state index contributed by atoms with van der Waals surface area (Å²) in [6.45, 7) is 0. The first-order valence-electron chi connectivity index (χ1n) is 4.31. The van der Waals surface area contributed by atoms with E-state index in [0.29, 0.717) is 5.56 Å². The van der Waals surface area contributed by atoms with E-state index in [-0.39, 0.29) is 17.4 Å². The normalized spacial score (nSPS) is 18.3. The molecule has 1 atom stereocenters. The molecule has 0 radical (unpaired) electrons. The van der Waals surface area contributed by atoms with Crippen LogP contribution in [0.2, 0.25) is 0 Å². The molecule has 0 bridgehead atoms. The molecular weight excluding hydrogens is 196 g/mol. The van der Waals surface area contributed by atoms with Gasteiger partial charge in [-0.3, -0.25) is 0 Å². The van der Waals surface area contributed by atoms with E-state index in [1.54, 1.807) is 6.08 Å². The summed E-state index contributed by atoms with van der Waals surface area (Å²) >= 11 is 0. The van der Waals surface area contributed by atoms with Gasteiger partial charge in [0, 0.05) is 11.8 Å². The average molecular weight is 204 g/mol. The summed E-state index contributed by atoms with van der Waals surface area (Å²) in [5.74, 6) is -1.01. The Hall–Kier alpha value is -2.17. The molecule has 2 rings (SSSR count). The van der Waals surface area contributed by atoms with Crippen LogP contribution < -0.4 is 0 Å². The number of phenols is 1. The summed E-state index contributed by atoms with van der Waals surface area (Å²) in [7, 11) is 0. The lowest BCUT2D eigenvalue weighted by Crippen LogP contribution is -1.99. The van der Waals surface area contributed by atoms with E-state index < -0.39 is 5.97 Å². The zero-order chi connectivity index (χ0) is 10.8. The number of phenolic OH excluding ortho intramolecular Hbond substituents is 1. The Bertz CT molecular complexity index is 454. The maximum absolute atomic E-state index is 10.7. The van der Waals surface area contributed by atoms with Crippen molar-refractivity contribution in [3.63, 3.8) is 0 Å². The first-order chi connectivity index (χ1) is 7.18. The summed E-state index contributed by atoms with van der Waals surface area (Å²) < 4.78 is 0. The molecular formula is C10H8N2O3. The number of carboxylic acid groups (broad SMARTS) is 1. The van der Waals surface area contributed by atoms with Gasteiger partial charge in [0.2, 0.25) is 0 Å². The van der Waals surface area contributed by atoms with Gasteiger partial charge in [0.05, 0.1) is 5.56 Å². The Balaban J connectivity index is 2.45. The second-order valence-electron chi connectivity index (χ2n) is 3.10. The maximum Gasteiger partial charge on any atom is 0.335 e. The van der Waals surface area contributed by atoms with Crippen molar-refractivity contribution < 1.29 is 15.0 Å². The largest absolute Gasteiger partial charge is 0.508 e. The highest BCUT2D eigenvalue weighted by Gasteiger charge is 2.16. The third kappa shape index (κ3) is 1.71. The van der Waals surface area contributed by atoms with Crippen molar-refractivity contribution >= 4 is 5.97 Å². The molecule has 0 saturated heterocycles. The number of aromatic hydroxyl groups is 1. The monoisotopic (exact) mass is 204 g/mol. The highest BCUT2D eigenvalue weighted by molar-refractivity contribution is 5.88. The predicted molar refractivity (Wildman–Crippen MR) is 51.8 cm³/mol. The third-order valence-corrected chi connectivity index (χ3v) is 2.12. The highest BCUT2D eigenvalue weighted by Crippen LogP contribution is 2.31. The second kappa shape index (κ2) is 3.53. The van der Waals surface area contributed by atoms with E-state index in [2.05, 4.69) is 10.2 Å². The molecule has 5 heteroatoms. The SMILES string of the molecule is O=C(O)c1ccc(O)c(C2C=CN=N2)c1. The van der Waals surface area contributed by atoms with Crippen LogP contribution in [0, 0.1) is 0 Å². The van der Waals surface area contributed by atoms with Crippen molar-refractivity contribution in [2.75, 3.05) is 0 Å². The fourth-order valence-electron chi connectivity index (χ4n) is 1.36. The van der Waals surface area contributed by atoms with E-state index >= 15 is 0 Å². The fourth-order valence-corrected chi connectivity index (χ4v) is 1.36. The van der Waals surface area contributed by atoms with Crippen molar-refractivity contribution in [3.05, 3.63) is 41.6 Å². The molecule has 0 fully saturated rings. The lowest BCUT2D eigenvalue weighted by atomic mass is 10.0. The van der Waals surface area contributed by atoms with E-state index in [1.165, 1.54) is 24.4 Å². The zero-order valence-electron chi connectivity index (χ0n) is 7.66. The molecule has 5 nitrogen and oxygen atoms in total. The molecule has 0 spiro atoms. The van der Waals surface area contributed by atoms with Crippen LogP contribution in [0.25, 0.3) is 0 Å². The Morgan fingerprint density at radius 2 is 2.20 bits per heavy atom. The van der Waals surface area contributed by atoms with E-state index in [1.807, 2.05) is 0 Å². The summed E-state index contributed by atoms with van der Waals surface area (Å²) in [5, 5.41) is 25.8. The number of azo groups is 1. The molecule has 2 N–H and O–H groups in total. The van der Waals surface area contributed by atoms with Crippen LogP contribution in [0.3, 0.4) is 0 Å². The van der Waals surface area contributed by atoms with Crippen molar-refractivity contribution in [1.29, 1.82) is 0 Å². The molecule has 1 heterocycles. The van der Waals surface area contributed by atoms with Crippen LogP contribution in [0.1, 0.15) is 22.0 Å². The minimum absolute atomic E-state index is 0.0236. The van der Waals surface area contributed by atoms with Gasteiger partial charge in [-0.05, 0) is 24.3 Å². The van der Waals surface area contributed by atoms with Crippen LogP contribution in [0.15, 0.2) is 40.7 Å². The van der Waals surface area contributed by atoms with Gasteiger partial charge in [0.15, 0.2) is 0 Å². The van der Waals surface area contributed by atoms with Crippen LogP contribution in [0.4, 0.5) is 0 Å². The molecule has 0 amide bonds. The summed E-state index contributed by atoms with van der Waals surface area (Å²) in [5.41, 5.74) is 0.575. The van der Waals surface area contributed by atoms with Gasteiger partial charge in [-0.1, -0.05) is 0 Å². The first-order valence-corrected chi connectivity index (χ1v) is 4.31. The number of nitrogens with zero attached hydrogens (tertiary/aromatic N) is 2. The van der Waals surface area contributed by atoms with Crippen molar-refractivity contribution in [1.82, 2.24) is 0 Å². The van der Waals surface area contributed by atoms with Crippen LogP contribution in [-0.2, 0) is 0 Å². The molecule has 1 unspecified atom stereocenters. The lowest BCUT2D eigenvalue weighted by molar-refractivity contribution is 0.0697. The summed E-state index contributed by atoms with van der Waals surface area (Å²) in [4.78, 5) is 10.7. The molecule has 76 valence electrons. The number of hydrogen-bond donors (Lipinski definition) is 2. The smallest absolute Gasteiger partial charge is 0.335 e. The minimum Gasteiger partial charge on any atom is -0.508 e. The number of carbonyl (C=O) groups is 1. The van der Waals surface area contributed by atoms with Gasteiger partial charge in [0.1, 0.15) is 11.8 Å². The van der Waals surface area contributed by atoms with Crippen LogP contribution in [0.5, 0.6) is 5.75 Å². The topological polar surface area (TPSA) is 82.2 Å². The molecule has 1 aromatic rings. The number of rotatable bonds is 2. The summed E-state index contributed by atoms with van der Waals surface area (Å²) in [6.07, 6.45) is 3.19. The number of hydrogen-bond acceptors (Lipinski definition) is 4. The average Bonchev–Trinajstić information content (AvgIpc) is 2.71. The van der Waals surface area contributed by atoms with Crippen LogP contribution in [-0.4, -0.2) is 16.2 Å².